The maximum Gasteiger partial charge on any atom is 0.223 e. The number of hydrogen-bond donors (Lipinski definition) is 0. The summed E-state index contributed by atoms with van der Waals surface area (Å²) in [5.74, 6) is 0.212. The highest BCUT2D eigenvalue weighted by molar-refractivity contribution is 7.94. The highest BCUT2D eigenvalue weighted by atomic mass is 32.2. The number of hydrogen-bond acceptors (Lipinski definition) is 5. The van der Waals surface area contributed by atoms with Gasteiger partial charge in [0.15, 0.2) is 9.84 Å². The number of thiazole rings is 1. The Labute approximate surface area is 151 Å². The number of carbonyl (C=O) groups excluding carboxylic acids is 1. The van der Waals surface area contributed by atoms with Crippen molar-refractivity contribution in [3.05, 3.63) is 40.8 Å². The van der Waals surface area contributed by atoms with Crippen LogP contribution in [-0.4, -0.2) is 43.1 Å². The maximum absolute atomic E-state index is 12.6. The van der Waals surface area contributed by atoms with E-state index in [2.05, 4.69) is 6.07 Å². The molecule has 0 aliphatic carbocycles. The molecule has 3 heterocycles. The van der Waals surface area contributed by atoms with Crippen molar-refractivity contribution in [1.82, 2.24) is 9.88 Å². The van der Waals surface area contributed by atoms with Gasteiger partial charge in [0, 0.05) is 36.8 Å². The van der Waals surface area contributed by atoms with Gasteiger partial charge in [0.1, 0.15) is 0 Å². The number of nitrogens with zero attached hydrogens (tertiary/aromatic N) is 2. The molecule has 0 unspecified atom stereocenters. The van der Waals surface area contributed by atoms with Gasteiger partial charge in [0.25, 0.3) is 0 Å². The fourth-order valence-electron chi connectivity index (χ4n) is 3.59. The van der Waals surface area contributed by atoms with E-state index in [0.717, 1.165) is 29.9 Å². The molecule has 25 heavy (non-hydrogen) atoms. The van der Waals surface area contributed by atoms with Crippen molar-refractivity contribution in [2.45, 2.75) is 25.2 Å². The minimum absolute atomic E-state index is 0.0533. The number of sulfone groups is 1. The normalized spacial score (nSPS) is 25.5. The zero-order valence-electron chi connectivity index (χ0n) is 13.8. The summed E-state index contributed by atoms with van der Waals surface area (Å²) in [5, 5.41) is 2.34. The molecule has 1 aromatic carbocycles. The molecule has 1 fully saturated rings. The lowest BCUT2D eigenvalue weighted by atomic mass is 9.97. The second-order valence-corrected chi connectivity index (χ2v) is 9.81. The zero-order valence-corrected chi connectivity index (χ0v) is 15.4. The predicted molar refractivity (Wildman–Crippen MR) is 99.2 cm³/mol. The Balaban J connectivity index is 1.43. The van der Waals surface area contributed by atoms with Gasteiger partial charge in [-0.2, -0.15) is 0 Å². The summed E-state index contributed by atoms with van der Waals surface area (Å²) < 4.78 is 24.2. The standard InChI is InChI=1S/C18H20N2O3S2/c21-17(10-13-7-9-25(22,23)12-13)20-8-3-4-14(11-20)18-19-15-5-1-2-6-16(15)24-18/h1-2,5-7,9,13-14H,3-4,8,10-12H2/t13-,14+/m1/s1. The molecule has 132 valence electrons. The highest BCUT2D eigenvalue weighted by Crippen LogP contribution is 2.33. The number of allylic oxidation sites excluding steroid dienone is 1. The topological polar surface area (TPSA) is 67.3 Å². The van der Waals surface area contributed by atoms with Gasteiger partial charge < -0.3 is 4.90 Å². The molecule has 2 aliphatic heterocycles. The summed E-state index contributed by atoms with van der Waals surface area (Å²) in [6.45, 7) is 1.44. The van der Waals surface area contributed by atoms with E-state index in [1.165, 1.54) is 10.1 Å². The smallest absolute Gasteiger partial charge is 0.223 e. The molecule has 7 heteroatoms. The van der Waals surface area contributed by atoms with E-state index in [1.807, 2.05) is 23.1 Å². The van der Waals surface area contributed by atoms with E-state index < -0.39 is 9.84 Å². The van der Waals surface area contributed by atoms with Crippen molar-refractivity contribution in [3.8, 4) is 0 Å². The Hall–Kier alpha value is -1.73. The van der Waals surface area contributed by atoms with E-state index in [-0.39, 0.29) is 29.9 Å². The summed E-state index contributed by atoms with van der Waals surface area (Å²) in [4.78, 5) is 19.2. The Morgan fingerprint density at radius 2 is 2.16 bits per heavy atom. The minimum atomic E-state index is -3.10. The van der Waals surface area contributed by atoms with Crippen LogP contribution >= 0.6 is 11.3 Å². The lowest BCUT2D eigenvalue weighted by Gasteiger charge is -2.32. The van der Waals surface area contributed by atoms with E-state index in [1.54, 1.807) is 17.4 Å². The fourth-order valence-corrected chi connectivity index (χ4v) is 6.08. The summed E-state index contributed by atoms with van der Waals surface area (Å²) in [6.07, 6.45) is 3.94. The number of fused-ring (bicyclic) bond motifs is 1. The lowest BCUT2D eigenvalue weighted by Crippen LogP contribution is -2.39. The lowest BCUT2D eigenvalue weighted by molar-refractivity contribution is -0.132. The van der Waals surface area contributed by atoms with Crippen LogP contribution < -0.4 is 0 Å². The van der Waals surface area contributed by atoms with E-state index in [4.69, 9.17) is 4.98 Å². The zero-order chi connectivity index (χ0) is 17.4. The summed E-state index contributed by atoms with van der Waals surface area (Å²) >= 11 is 1.71. The highest BCUT2D eigenvalue weighted by Gasteiger charge is 2.30. The average Bonchev–Trinajstić information content (AvgIpc) is 3.18. The number of piperidine rings is 1. The van der Waals surface area contributed by atoms with Crippen LogP contribution in [0.15, 0.2) is 35.7 Å². The molecule has 5 nitrogen and oxygen atoms in total. The van der Waals surface area contributed by atoms with Crippen molar-refractivity contribution in [3.63, 3.8) is 0 Å². The van der Waals surface area contributed by atoms with Gasteiger partial charge in [-0.3, -0.25) is 4.79 Å². The third-order valence-corrected chi connectivity index (χ3v) is 7.54. The van der Waals surface area contributed by atoms with Gasteiger partial charge in [0.2, 0.25) is 5.91 Å². The number of rotatable bonds is 3. The van der Waals surface area contributed by atoms with Gasteiger partial charge in [-0.25, -0.2) is 13.4 Å². The van der Waals surface area contributed by atoms with Gasteiger partial charge in [-0.1, -0.05) is 18.2 Å². The fraction of sp³-hybridized carbons (Fsp3) is 0.444. The van der Waals surface area contributed by atoms with Gasteiger partial charge in [0.05, 0.1) is 21.0 Å². The van der Waals surface area contributed by atoms with Gasteiger partial charge >= 0.3 is 0 Å². The van der Waals surface area contributed by atoms with Crippen molar-refractivity contribution in [2.75, 3.05) is 18.8 Å². The van der Waals surface area contributed by atoms with Crippen LogP contribution in [0.4, 0.5) is 0 Å². The summed E-state index contributed by atoms with van der Waals surface area (Å²) in [5.41, 5.74) is 1.02. The van der Waals surface area contributed by atoms with Crippen molar-refractivity contribution >= 4 is 37.3 Å². The first-order valence-electron chi connectivity index (χ1n) is 8.54. The number of amides is 1. The molecule has 1 saturated heterocycles. The quantitative estimate of drug-likeness (QED) is 0.826. The number of likely N-dealkylation sites (tertiary alicyclic amines) is 1. The molecule has 1 aromatic heterocycles. The maximum atomic E-state index is 12.6. The number of aromatic nitrogens is 1. The van der Waals surface area contributed by atoms with Crippen LogP contribution in [0.1, 0.15) is 30.2 Å². The third kappa shape index (κ3) is 3.62. The van der Waals surface area contributed by atoms with E-state index in [9.17, 15) is 13.2 Å². The second kappa shape index (κ2) is 6.53. The number of para-hydroxylation sites is 1. The molecule has 0 saturated carbocycles. The molecule has 2 aliphatic rings. The largest absolute Gasteiger partial charge is 0.342 e. The van der Waals surface area contributed by atoms with Crippen LogP contribution in [-0.2, 0) is 14.6 Å². The van der Waals surface area contributed by atoms with Gasteiger partial charge in [-0.05, 0) is 25.0 Å². The van der Waals surface area contributed by atoms with Crippen LogP contribution in [0.3, 0.4) is 0 Å². The molecule has 2 atom stereocenters. The minimum Gasteiger partial charge on any atom is -0.342 e. The molecular formula is C18H20N2O3S2. The van der Waals surface area contributed by atoms with Crippen LogP contribution in [0.5, 0.6) is 0 Å². The monoisotopic (exact) mass is 376 g/mol. The Bertz CT molecular complexity index is 900. The molecule has 0 spiro atoms. The molecule has 0 bridgehead atoms. The molecule has 0 radical (unpaired) electrons. The average molecular weight is 377 g/mol. The second-order valence-electron chi connectivity index (χ2n) is 6.82. The summed E-state index contributed by atoms with van der Waals surface area (Å²) in [7, 11) is -3.10. The molecule has 4 rings (SSSR count). The van der Waals surface area contributed by atoms with Crippen LogP contribution in [0.2, 0.25) is 0 Å². The number of carbonyl (C=O) groups is 1. The Morgan fingerprint density at radius 1 is 1.32 bits per heavy atom. The van der Waals surface area contributed by atoms with Crippen LogP contribution in [0.25, 0.3) is 10.2 Å². The van der Waals surface area contributed by atoms with Crippen molar-refractivity contribution < 1.29 is 13.2 Å². The first kappa shape index (κ1) is 16.7. The van der Waals surface area contributed by atoms with E-state index >= 15 is 0 Å². The van der Waals surface area contributed by atoms with Crippen molar-refractivity contribution in [1.29, 1.82) is 0 Å². The number of benzene rings is 1. The molecular weight excluding hydrogens is 356 g/mol. The molecule has 2 aromatic rings. The summed E-state index contributed by atoms with van der Waals surface area (Å²) in [6, 6.07) is 8.11. The molecule has 1 amide bonds. The Morgan fingerprint density at radius 3 is 2.92 bits per heavy atom. The third-order valence-electron chi connectivity index (χ3n) is 4.88. The van der Waals surface area contributed by atoms with Crippen LogP contribution in [0, 0.1) is 5.92 Å². The first-order valence-corrected chi connectivity index (χ1v) is 11.1. The van der Waals surface area contributed by atoms with Gasteiger partial charge in [-0.15, -0.1) is 11.3 Å². The van der Waals surface area contributed by atoms with E-state index in [0.29, 0.717) is 6.54 Å². The first-order chi connectivity index (χ1) is 12.0. The SMILES string of the molecule is O=C(C[C@H]1C=CS(=O)(=O)C1)N1CCC[C@H](c2nc3ccccc3s2)C1. The Kier molecular flexibility index (Phi) is 4.37. The molecule has 0 N–H and O–H groups in total. The van der Waals surface area contributed by atoms with Crippen molar-refractivity contribution in [2.24, 2.45) is 5.92 Å². The predicted octanol–water partition coefficient (Wildman–Crippen LogP) is 2.95.